The number of carbonyl (C=O) groups is 1. The van der Waals surface area contributed by atoms with Gasteiger partial charge in [-0.1, -0.05) is 30.3 Å². The van der Waals surface area contributed by atoms with Crippen molar-refractivity contribution in [1.29, 1.82) is 0 Å². The average Bonchev–Trinajstić information content (AvgIpc) is 2.47. The van der Waals surface area contributed by atoms with E-state index in [2.05, 4.69) is 11.1 Å². The molecular weight excluding hydrogens is 238 g/mol. The molecule has 0 N–H and O–H groups in total. The van der Waals surface area contributed by atoms with Gasteiger partial charge in [0.05, 0.1) is 13.0 Å². The molecule has 1 aromatic heterocycles. The van der Waals surface area contributed by atoms with Crippen molar-refractivity contribution in [3.63, 3.8) is 0 Å². The predicted octanol–water partition coefficient (Wildman–Crippen LogP) is 2.51. The maximum Gasteiger partial charge on any atom is 0.172 e. The Morgan fingerprint density at radius 1 is 1.21 bits per heavy atom. The van der Waals surface area contributed by atoms with Crippen LogP contribution >= 0.6 is 0 Å². The lowest BCUT2D eigenvalue weighted by Crippen LogP contribution is -2.24. The Kier molecular flexibility index (Phi) is 3.38. The van der Waals surface area contributed by atoms with Crippen LogP contribution < -0.4 is 0 Å². The van der Waals surface area contributed by atoms with Gasteiger partial charge in [-0.25, -0.2) is 0 Å². The molecule has 0 amide bonds. The van der Waals surface area contributed by atoms with Gasteiger partial charge < -0.3 is 4.74 Å². The Labute approximate surface area is 112 Å². The van der Waals surface area contributed by atoms with Gasteiger partial charge in [0.15, 0.2) is 5.78 Å². The van der Waals surface area contributed by atoms with Crippen molar-refractivity contribution in [3.05, 3.63) is 65.5 Å². The second-order valence-electron chi connectivity index (χ2n) is 4.66. The van der Waals surface area contributed by atoms with Gasteiger partial charge in [-0.3, -0.25) is 9.78 Å². The molecule has 1 aliphatic rings. The quantitative estimate of drug-likeness (QED) is 0.843. The van der Waals surface area contributed by atoms with Gasteiger partial charge in [-0.2, -0.15) is 0 Å². The SMILES string of the molecule is O=C(Cc1ccccn1)C1OCCc2ccccc21. The average molecular weight is 253 g/mol. The molecule has 0 radical (unpaired) electrons. The van der Waals surface area contributed by atoms with Gasteiger partial charge in [-0.15, -0.1) is 0 Å². The normalized spacial score (nSPS) is 17.8. The number of benzene rings is 1. The molecule has 19 heavy (non-hydrogen) atoms. The minimum Gasteiger partial charge on any atom is -0.365 e. The Morgan fingerprint density at radius 3 is 2.89 bits per heavy atom. The third-order valence-electron chi connectivity index (χ3n) is 3.37. The number of Topliss-reactive ketones (excluding diaryl/α,β-unsaturated/α-hetero) is 1. The summed E-state index contributed by atoms with van der Waals surface area (Å²) >= 11 is 0. The fourth-order valence-corrected chi connectivity index (χ4v) is 2.43. The van der Waals surface area contributed by atoms with Gasteiger partial charge in [0.25, 0.3) is 0 Å². The molecular formula is C16H15NO2. The first-order chi connectivity index (χ1) is 9.34. The van der Waals surface area contributed by atoms with E-state index in [0.717, 1.165) is 17.7 Å². The van der Waals surface area contributed by atoms with E-state index in [0.29, 0.717) is 13.0 Å². The fourth-order valence-electron chi connectivity index (χ4n) is 2.43. The van der Waals surface area contributed by atoms with Crippen molar-refractivity contribution in [3.8, 4) is 0 Å². The third-order valence-corrected chi connectivity index (χ3v) is 3.37. The van der Waals surface area contributed by atoms with Crippen LogP contribution in [0.1, 0.15) is 22.9 Å². The molecule has 1 atom stereocenters. The molecule has 0 saturated heterocycles. The first-order valence-corrected chi connectivity index (χ1v) is 6.46. The number of ether oxygens (including phenoxy) is 1. The van der Waals surface area contributed by atoms with Crippen molar-refractivity contribution in [2.24, 2.45) is 0 Å². The molecule has 0 saturated carbocycles. The van der Waals surface area contributed by atoms with Gasteiger partial charge >= 0.3 is 0 Å². The number of ketones is 1. The topological polar surface area (TPSA) is 39.2 Å². The van der Waals surface area contributed by atoms with Crippen molar-refractivity contribution in [1.82, 2.24) is 4.98 Å². The number of nitrogens with zero attached hydrogens (tertiary/aromatic N) is 1. The molecule has 0 bridgehead atoms. The predicted molar refractivity (Wildman–Crippen MR) is 71.8 cm³/mol. The minimum absolute atomic E-state index is 0.0749. The summed E-state index contributed by atoms with van der Waals surface area (Å²) in [4.78, 5) is 16.6. The summed E-state index contributed by atoms with van der Waals surface area (Å²) in [6.07, 6.45) is 2.47. The standard InChI is InChI=1S/C16H15NO2/c18-15(11-13-6-3-4-9-17-13)16-14-7-2-1-5-12(14)8-10-19-16/h1-7,9,16H,8,10-11H2. The van der Waals surface area contributed by atoms with Crippen LogP contribution in [-0.2, 0) is 22.4 Å². The van der Waals surface area contributed by atoms with E-state index in [1.54, 1.807) is 6.20 Å². The van der Waals surface area contributed by atoms with Crippen molar-refractivity contribution in [2.75, 3.05) is 6.61 Å². The molecule has 3 heteroatoms. The summed E-state index contributed by atoms with van der Waals surface area (Å²) in [5.41, 5.74) is 3.02. The highest BCUT2D eigenvalue weighted by atomic mass is 16.5. The lowest BCUT2D eigenvalue weighted by atomic mass is 9.93. The number of hydrogen-bond donors (Lipinski definition) is 0. The summed E-state index contributed by atoms with van der Waals surface area (Å²) < 4.78 is 5.66. The number of aromatic nitrogens is 1. The molecule has 1 aliphatic heterocycles. The van der Waals surface area contributed by atoms with Crippen LogP contribution in [0, 0.1) is 0 Å². The largest absolute Gasteiger partial charge is 0.365 e. The number of hydrogen-bond acceptors (Lipinski definition) is 3. The van der Waals surface area contributed by atoms with Gasteiger partial charge in [0, 0.05) is 11.9 Å². The molecule has 3 rings (SSSR count). The van der Waals surface area contributed by atoms with Crippen LogP contribution in [0.5, 0.6) is 0 Å². The second-order valence-corrected chi connectivity index (χ2v) is 4.66. The minimum atomic E-state index is -0.438. The second kappa shape index (κ2) is 5.33. The van der Waals surface area contributed by atoms with Crippen molar-refractivity contribution >= 4 is 5.78 Å². The molecule has 96 valence electrons. The van der Waals surface area contributed by atoms with E-state index in [4.69, 9.17) is 4.74 Å². The highest BCUT2D eigenvalue weighted by Gasteiger charge is 2.27. The van der Waals surface area contributed by atoms with Crippen LogP contribution in [0.2, 0.25) is 0 Å². The van der Waals surface area contributed by atoms with Crippen LogP contribution in [0.3, 0.4) is 0 Å². The zero-order valence-electron chi connectivity index (χ0n) is 10.6. The van der Waals surface area contributed by atoms with Crippen molar-refractivity contribution in [2.45, 2.75) is 18.9 Å². The summed E-state index contributed by atoms with van der Waals surface area (Å²) in [6, 6.07) is 13.6. The van der Waals surface area contributed by atoms with E-state index in [-0.39, 0.29) is 5.78 Å². The highest BCUT2D eigenvalue weighted by Crippen LogP contribution is 2.28. The fraction of sp³-hybridized carbons (Fsp3) is 0.250. The molecule has 3 nitrogen and oxygen atoms in total. The summed E-state index contributed by atoms with van der Waals surface area (Å²) in [7, 11) is 0. The van der Waals surface area contributed by atoms with Gasteiger partial charge in [-0.05, 0) is 29.7 Å². The Balaban J connectivity index is 1.82. The van der Waals surface area contributed by atoms with Gasteiger partial charge in [0.2, 0.25) is 0 Å². The van der Waals surface area contributed by atoms with E-state index < -0.39 is 6.10 Å². The van der Waals surface area contributed by atoms with Crippen LogP contribution in [0.4, 0.5) is 0 Å². The molecule has 1 unspecified atom stereocenters. The summed E-state index contributed by atoms with van der Waals surface area (Å²) in [6.45, 7) is 0.607. The zero-order valence-corrected chi connectivity index (χ0v) is 10.6. The summed E-state index contributed by atoms with van der Waals surface area (Å²) in [5.74, 6) is 0.0749. The van der Waals surface area contributed by atoms with E-state index in [9.17, 15) is 4.79 Å². The maximum absolute atomic E-state index is 12.4. The van der Waals surface area contributed by atoms with E-state index in [1.807, 2.05) is 36.4 Å². The lowest BCUT2D eigenvalue weighted by molar-refractivity contribution is -0.131. The Morgan fingerprint density at radius 2 is 2.05 bits per heavy atom. The first-order valence-electron chi connectivity index (χ1n) is 6.46. The van der Waals surface area contributed by atoms with Crippen molar-refractivity contribution < 1.29 is 9.53 Å². The van der Waals surface area contributed by atoms with Crippen LogP contribution in [0.15, 0.2) is 48.7 Å². The number of carbonyl (C=O) groups excluding carboxylic acids is 1. The smallest absolute Gasteiger partial charge is 0.172 e. The number of rotatable bonds is 3. The Bertz CT molecular complexity index is 580. The molecule has 0 aliphatic carbocycles. The molecule has 2 aromatic rings. The molecule has 2 heterocycles. The van der Waals surface area contributed by atoms with Gasteiger partial charge in [0.1, 0.15) is 6.10 Å². The molecule has 0 fully saturated rings. The zero-order chi connectivity index (χ0) is 13.1. The third kappa shape index (κ3) is 2.56. The first kappa shape index (κ1) is 12.1. The summed E-state index contributed by atoms with van der Waals surface area (Å²) in [5, 5.41) is 0. The molecule has 0 spiro atoms. The number of pyridine rings is 1. The molecule has 1 aromatic carbocycles. The Hall–Kier alpha value is -2.00. The highest BCUT2D eigenvalue weighted by molar-refractivity contribution is 5.86. The van der Waals surface area contributed by atoms with E-state index >= 15 is 0 Å². The number of fused-ring (bicyclic) bond motifs is 1. The van der Waals surface area contributed by atoms with Crippen LogP contribution in [0.25, 0.3) is 0 Å². The monoisotopic (exact) mass is 253 g/mol. The van der Waals surface area contributed by atoms with Crippen LogP contribution in [-0.4, -0.2) is 17.4 Å². The lowest BCUT2D eigenvalue weighted by Gasteiger charge is -2.24. The van der Waals surface area contributed by atoms with E-state index in [1.165, 1.54) is 5.56 Å². The maximum atomic E-state index is 12.4.